The van der Waals surface area contributed by atoms with Gasteiger partial charge in [0.25, 0.3) is 0 Å². The first-order valence-electron chi connectivity index (χ1n) is 12.1. The van der Waals surface area contributed by atoms with Crippen LogP contribution in [0.1, 0.15) is 25.0 Å². The van der Waals surface area contributed by atoms with Crippen LogP contribution in [-0.4, -0.2) is 0 Å². The van der Waals surface area contributed by atoms with Gasteiger partial charge in [0.1, 0.15) is 11.2 Å². The smallest absolute Gasteiger partial charge is 0.136 e. The third kappa shape index (κ3) is 3.03. The zero-order valence-electron chi connectivity index (χ0n) is 19.8. The van der Waals surface area contributed by atoms with Crippen LogP contribution in [0.4, 0.5) is 11.4 Å². The molecule has 0 spiro atoms. The molecule has 2 nitrogen and oxygen atoms in total. The Labute approximate surface area is 204 Å². The van der Waals surface area contributed by atoms with Crippen LogP contribution in [0.25, 0.3) is 44.2 Å². The summed E-state index contributed by atoms with van der Waals surface area (Å²) in [4.78, 5) is 0. The lowest BCUT2D eigenvalue weighted by Gasteiger charge is -2.22. The van der Waals surface area contributed by atoms with Crippen LogP contribution < -0.4 is 5.32 Å². The predicted molar refractivity (Wildman–Crippen MR) is 146 cm³/mol. The number of hydrogen-bond donors (Lipinski definition) is 1. The van der Waals surface area contributed by atoms with E-state index in [9.17, 15) is 0 Å². The second-order valence-electron chi connectivity index (χ2n) is 9.91. The van der Waals surface area contributed by atoms with Crippen LogP contribution in [0, 0.1) is 0 Å². The summed E-state index contributed by atoms with van der Waals surface area (Å²) in [6.45, 7) is 4.63. The number of anilines is 2. The van der Waals surface area contributed by atoms with E-state index in [0.29, 0.717) is 0 Å². The van der Waals surface area contributed by atoms with Gasteiger partial charge in [-0.15, -0.1) is 0 Å². The first-order chi connectivity index (χ1) is 17.1. The Morgan fingerprint density at radius 3 is 2.20 bits per heavy atom. The van der Waals surface area contributed by atoms with Crippen molar-refractivity contribution in [2.75, 3.05) is 5.32 Å². The summed E-state index contributed by atoms with van der Waals surface area (Å²) < 4.78 is 6.16. The lowest BCUT2D eigenvalue weighted by Crippen LogP contribution is -2.15. The Kier molecular flexibility index (Phi) is 4.22. The van der Waals surface area contributed by atoms with Crippen molar-refractivity contribution in [2.24, 2.45) is 0 Å². The molecule has 6 aromatic rings. The van der Waals surface area contributed by atoms with Crippen molar-refractivity contribution in [3.8, 4) is 22.3 Å². The summed E-state index contributed by atoms with van der Waals surface area (Å²) in [6, 6.07) is 38.7. The van der Waals surface area contributed by atoms with Gasteiger partial charge < -0.3 is 9.73 Å². The zero-order valence-corrected chi connectivity index (χ0v) is 19.8. The number of hydrogen-bond acceptors (Lipinski definition) is 2. The predicted octanol–water partition coefficient (Wildman–Crippen LogP) is 9.30. The number of benzene rings is 5. The van der Waals surface area contributed by atoms with Gasteiger partial charge >= 0.3 is 0 Å². The number of fused-ring (bicyclic) bond motifs is 6. The van der Waals surface area contributed by atoms with E-state index in [1.54, 1.807) is 0 Å². The quantitative estimate of drug-likeness (QED) is 0.290. The average Bonchev–Trinajstić information content (AvgIpc) is 3.37. The van der Waals surface area contributed by atoms with Crippen molar-refractivity contribution in [1.29, 1.82) is 0 Å². The standard InChI is InChI=1S/C33H25NO/c1-33(2)28-12-6-3-10-24(28)25-18-16-22(20-29(25)33)34-30-13-7-4-9-23(30)21-15-17-27-26-11-5-8-14-31(26)35-32(27)19-21/h3-20,34H,1-2H3. The van der Waals surface area contributed by atoms with Gasteiger partial charge in [-0.2, -0.15) is 0 Å². The van der Waals surface area contributed by atoms with Gasteiger partial charge in [-0.25, -0.2) is 0 Å². The fraction of sp³-hybridized carbons (Fsp3) is 0.0909. The molecule has 35 heavy (non-hydrogen) atoms. The number of para-hydroxylation sites is 2. The second kappa shape index (κ2) is 7.35. The lowest BCUT2D eigenvalue weighted by molar-refractivity contribution is 0.660. The fourth-order valence-corrected chi connectivity index (χ4v) is 5.67. The van der Waals surface area contributed by atoms with Gasteiger partial charge in [-0.1, -0.05) is 86.6 Å². The minimum absolute atomic E-state index is 0.0184. The fourth-order valence-electron chi connectivity index (χ4n) is 5.67. The Morgan fingerprint density at radius 2 is 1.29 bits per heavy atom. The molecule has 0 radical (unpaired) electrons. The first kappa shape index (κ1) is 20.1. The molecular formula is C33H25NO. The summed E-state index contributed by atoms with van der Waals surface area (Å²) >= 11 is 0. The van der Waals surface area contributed by atoms with Gasteiger partial charge in [0.05, 0.1) is 0 Å². The molecular weight excluding hydrogens is 426 g/mol. The van der Waals surface area contributed by atoms with Crippen LogP contribution in [0.3, 0.4) is 0 Å². The molecule has 1 heterocycles. The number of furan rings is 1. The van der Waals surface area contributed by atoms with Crippen LogP contribution >= 0.6 is 0 Å². The number of nitrogens with one attached hydrogen (secondary N) is 1. The third-order valence-corrected chi connectivity index (χ3v) is 7.48. The summed E-state index contributed by atoms with van der Waals surface area (Å²) in [5.74, 6) is 0. The average molecular weight is 452 g/mol. The maximum Gasteiger partial charge on any atom is 0.136 e. The van der Waals surface area contributed by atoms with Gasteiger partial charge in [0.15, 0.2) is 0 Å². The van der Waals surface area contributed by atoms with Crippen LogP contribution in [-0.2, 0) is 5.41 Å². The minimum atomic E-state index is -0.0184. The highest BCUT2D eigenvalue weighted by Gasteiger charge is 2.35. The normalized spacial score (nSPS) is 13.7. The molecule has 1 aliphatic rings. The lowest BCUT2D eigenvalue weighted by atomic mass is 9.82. The SMILES string of the molecule is CC1(C)c2ccccc2-c2ccc(Nc3ccccc3-c3ccc4c(c3)oc3ccccc34)cc21. The second-order valence-corrected chi connectivity index (χ2v) is 9.91. The molecule has 7 rings (SSSR count). The molecule has 0 saturated carbocycles. The molecule has 0 aliphatic heterocycles. The molecule has 168 valence electrons. The molecule has 2 heteroatoms. The third-order valence-electron chi connectivity index (χ3n) is 7.48. The molecule has 5 aromatic carbocycles. The minimum Gasteiger partial charge on any atom is -0.456 e. The first-order valence-corrected chi connectivity index (χ1v) is 12.1. The van der Waals surface area contributed by atoms with Crippen molar-refractivity contribution in [3.05, 3.63) is 120 Å². The highest BCUT2D eigenvalue weighted by Crippen LogP contribution is 2.49. The Balaban J connectivity index is 1.29. The van der Waals surface area contributed by atoms with Crippen molar-refractivity contribution in [2.45, 2.75) is 19.3 Å². The van der Waals surface area contributed by atoms with Gasteiger partial charge in [0.2, 0.25) is 0 Å². The highest BCUT2D eigenvalue weighted by molar-refractivity contribution is 6.06. The maximum absolute atomic E-state index is 6.16. The Morgan fingerprint density at radius 1 is 0.571 bits per heavy atom. The summed E-state index contributed by atoms with van der Waals surface area (Å²) in [6.07, 6.45) is 0. The monoisotopic (exact) mass is 451 g/mol. The van der Waals surface area contributed by atoms with Crippen molar-refractivity contribution >= 4 is 33.3 Å². The topological polar surface area (TPSA) is 25.2 Å². The molecule has 0 unspecified atom stereocenters. The summed E-state index contributed by atoms with van der Waals surface area (Å²) in [7, 11) is 0. The molecule has 1 N–H and O–H groups in total. The van der Waals surface area contributed by atoms with E-state index < -0.39 is 0 Å². The van der Waals surface area contributed by atoms with E-state index in [1.165, 1.54) is 22.3 Å². The molecule has 0 saturated heterocycles. The molecule has 0 amide bonds. The largest absolute Gasteiger partial charge is 0.456 e. The molecule has 0 fully saturated rings. The van der Waals surface area contributed by atoms with Crippen molar-refractivity contribution in [3.63, 3.8) is 0 Å². The zero-order chi connectivity index (χ0) is 23.6. The van der Waals surface area contributed by atoms with E-state index in [0.717, 1.165) is 44.4 Å². The van der Waals surface area contributed by atoms with Gasteiger partial charge in [-0.05, 0) is 64.2 Å². The van der Waals surface area contributed by atoms with Crippen molar-refractivity contribution in [1.82, 2.24) is 0 Å². The van der Waals surface area contributed by atoms with E-state index in [1.807, 2.05) is 12.1 Å². The van der Waals surface area contributed by atoms with Crippen LogP contribution in [0.5, 0.6) is 0 Å². The number of rotatable bonds is 3. The van der Waals surface area contributed by atoms with Gasteiger partial charge in [-0.3, -0.25) is 0 Å². The van der Waals surface area contributed by atoms with Crippen LogP contribution in [0.15, 0.2) is 114 Å². The molecule has 0 atom stereocenters. The molecule has 0 bridgehead atoms. The van der Waals surface area contributed by atoms with E-state index in [-0.39, 0.29) is 5.41 Å². The Hall–Kier alpha value is -4.30. The summed E-state index contributed by atoms with van der Waals surface area (Å²) in [5, 5.41) is 6.01. The Bertz CT molecular complexity index is 1750. The van der Waals surface area contributed by atoms with E-state index in [4.69, 9.17) is 4.42 Å². The van der Waals surface area contributed by atoms with Crippen LogP contribution in [0.2, 0.25) is 0 Å². The maximum atomic E-state index is 6.16. The molecule has 1 aliphatic carbocycles. The van der Waals surface area contributed by atoms with Crippen molar-refractivity contribution < 1.29 is 4.42 Å². The molecule has 1 aromatic heterocycles. The summed E-state index contributed by atoms with van der Waals surface area (Å²) in [5.41, 5.74) is 11.7. The van der Waals surface area contributed by atoms with Gasteiger partial charge in [0, 0.05) is 33.1 Å². The van der Waals surface area contributed by atoms with E-state index in [2.05, 4.69) is 116 Å². The van der Waals surface area contributed by atoms with E-state index >= 15 is 0 Å². The highest BCUT2D eigenvalue weighted by atomic mass is 16.3.